The van der Waals surface area contributed by atoms with Gasteiger partial charge in [-0.2, -0.15) is 5.26 Å². The van der Waals surface area contributed by atoms with E-state index >= 15 is 0 Å². The second-order valence-corrected chi connectivity index (χ2v) is 7.54. The van der Waals surface area contributed by atoms with Crippen LogP contribution in [0, 0.1) is 11.3 Å². The monoisotopic (exact) mass is 353 g/mol. The Morgan fingerprint density at radius 2 is 1.62 bits per heavy atom. The molecule has 0 heterocycles. The van der Waals surface area contributed by atoms with Crippen LogP contribution in [-0.2, 0) is 9.84 Å². The maximum absolute atomic E-state index is 12.6. The first kappa shape index (κ1) is 16.3. The lowest BCUT2D eigenvalue weighted by Crippen LogP contribution is -2.03. The maximum atomic E-state index is 12.6. The van der Waals surface area contributed by atoms with Crippen molar-refractivity contribution in [1.82, 2.24) is 0 Å². The van der Waals surface area contributed by atoms with Crippen LogP contribution in [0.2, 0.25) is 5.02 Å². The maximum Gasteiger partial charge on any atom is 0.216 e. The Morgan fingerprint density at radius 3 is 2.29 bits per heavy atom. The fraction of sp³-hybridized carbons (Fsp3) is 0. The normalized spacial score (nSPS) is 12.1. The zero-order chi connectivity index (χ0) is 17.2. The molecule has 0 spiro atoms. The molecule has 0 fully saturated rings. The van der Waals surface area contributed by atoms with Crippen molar-refractivity contribution in [3.05, 3.63) is 82.2 Å². The summed E-state index contributed by atoms with van der Waals surface area (Å²) in [5.41, 5.74) is 0.655. The van der Waals surface area contributed by atoms with E-state index in [0.29, 0.717) is 10.6 Å². The number of hydrogen-bond donors (Lipinski definition) is 0. The number of hydrogen-bond acceptors (Lipinski definition) is 3. The fourth-order valence-corrected chi connectivity index (χ4v) is 3.65. The smallest absolute Gasteiger partial charge is 0.216 e. The zero-order valence-corrected chi connectivity index (χ0v) is 14.1. The van der Waals surface area contributed by atoms with Gasteiger partial charge in [-0.05, 0) is 52.7 Å². The molecule has 0 saturated carbocycles. The second-order valence-electron chi connectivity index (χ2n) is 5.18. The SMILES string of the molecule is N#C/C(=C\c1ccc2ccccc2c1)S(=O)(=O)c1ccc(Cl)cc1. The van der Waals surface area contributed by atoms with Crippen LogP contribution < -0.4 is 0 Å². The van der Waals surface area contributed by atoms with Gasteiger partial charge in [-0.15, -0.1) is 0 Å². The molecule has 0 amide bonds. The van der Waals surface area contributed by atoms with Crippen LogP contribution in [0.3, 0.4) is 0 Å². The van der Waals surface area contributed by atoms with Gasteiger partial charge in [-0.1, -0.05) is 48.0 Å². The molecular formula is C19H12ClNO2S. The molecule has 0 saturated heterocycles. The number of fused-ring (bicyclic) bond motifs is 1. The molecule has 0 bridgehead atoms. The van der Waals surface area contributed by atoms with Crippen molar-refractivity contribution in [2.24, 2.45) is 0 Å². The summed E-state index contributed by atoms with van der Waals surface area (Å²) in [7, 11) is -3.88. The van der Waals surface area contributed by atoms with Crippen LogP contribution in [0.25, 0.3) is 16.8 Å². The predicted molar refractivity (Wildman–Crippen MR) is 96.2 cm³/mol. The van der Waals surface area contributed by atoms with E-state index in [1.54, 1.807) is 12.1 Å². The number of sulfone groups is 1. The predicted octanol–water partition coefficient (Wildman–Crippen LogP) is 4.83. The molecule has 0 atom stereocenters. The molecule has 24 heavy (non-hydrogen) atoms. The number of nitrogens with zero attached hydrogens (tertiary/aromatic N) is 1. The summed E-state index contributed by atoms with van der Waals surface area (Å²) in [6.07, 6.45) is 1.39. The number of allylic oxidation sites excluding steroid dienone is 1. The molecule has 0 aliphatic carbocycles. The summed E-state index contributed by atoms with van der Waals surface area (Å²) < 4.78 is 25.2. The molecule has 0 aliphatic rings. The summed E-state index contributed by atoms with van der Waals surface area (Å²) in [4.78, 5) is -0.263. The molecule has 0 aromatic heterocycles. The minimum atomic E-state index is -3.88. The molecule has 0 unspecified atom stereocenters. The van der Waals surface area contributed by atoms with Gasteiger partial charge in [0.05, 0.1) is 4.90 Å². The van der Waals surface area contributed by atoms with Gasteiger partial charge in [0.1, 0.15) is 11.0 Å². The average Bonchev–Trinajstić information content (AvgIpc) is 2.59. The van der Waals surface area contributed by atoms with Gasteiger partial charge in [-0.25, -0.2) is 8.42 Å². The minimum Gasteiger partial charge on any atom is -0.218 e. The highest BCUT2D eigenvalue weighted by Gasteiger charge is 2.20. The average molecular weight is 354 g/mol. The zero-order valence-electron chi connectivity index (χ0n) is 12.5. The highest BCUT2D eigenvalue weighted by atomic mass is 35.5. The molecule has 0 aliphatic heterocycles. The van der Waals surface area contributed by atoms with Gasteiger partial charge >= 0.3 is 0 Å². The van der Waals surface area contributed by atoms with Crippen LogP contribution in [0.4, 0.5) is 0 Å². The Balaban J connectivity index is 2.07. The lowest BCUT2D eigenvalue weighted by Gasteiger charge is -2.04. The molecule has 118 valence electrons. The van der Waals surface area contributed by atoms with Gasteiger partial charge in [0.2, 0.25) is 9.84 Å². The Labute approximate surface area is 145 Å². The van der Waals surface area contributed by atoms with Crippen molar-refractivity contribution in [2.45, 2.75) is 4.90 Å². The van der Waals surface area contributed by atoms with Gasteiger partial charge in [0, 0.05) is 5.02 Å². The second kappa shape index (κ2) is 6.48. The van der Waals surface area contributed by atoms with Crippen molar-refractivity contribution in [3.8, 4) is 6.07 Å². The molecule has 5 heteroatoms. The van der Waals surface area contributed by atoms with Crippen molar-refractivity contribution >= 4 is 38.3 Å². The van der Waals surface area contributed by atoms with E-state index in [1.807, 2.05) is 36.4 Å². The van der Waals surface area contributed by atoms with E-state index in [0.717, 1.165) is 10.8 Å². The van der Waals surface area contributed by atoms with Gasteiger partial charge in [0.15, 0.2) is 0 Å². The van der Waals surface area contributed by atoms with E-state index in [4.69, 9.17) is 11.6 Å². The summed E-state index contributed by atoms with van der Waals surface area (Å²) in [5.74, 6) is 0. The van der Waals surface area contributed by atoms with E-state index in [1.165, 1.54) is 30.3 Å². The van der Waals surface area contributed by atoms with Crippen LogP contribution in [-0.4, -0.2) is 8.42 Å². The summed E-state index contributed by atoms with van der Waals surface area (Å²) in [6.45, 7) is 0. The van der Waals surface area contributed by atoms with E-state index in [2.05, 4.69) is 0 Å². The molecule has 3 rings (SSSR count). The number of halogens is 1. The van der Waals surface area contributed by atoms with E-state index in [9.17, 15) is 13.7 Å². The lowest BCUT2D eigenvalue weighted by atomic mass is 10.1. The highest BCUT2D eigenvalue weighted by molar-refractivity contribution is 7.95. The van der Waals surface area contributed by atoms with Crippen molar-refractivity contribution in [3.63, 3.8) is 0 Å². The van der Waals surface area contributed by atoms with Crippen LogP contribution in [0.15, 0.2) is 76.5 Å². The van der Waals surface area contributed by atoms with Crippen LogP contribution >= 0.6 is 11.6 Å². The summed E-state index contributed by atoms with van der Waals surface area (Å²) >= 11 is 5.79. The van der Waals surface area contributed by atoms with E-state index in [-0.39, 0.29) is 9.80 Å². The van der Waals surface area contributed by atoms with Crippen molar-refractivity contribution in [1.29, 1.82) is 5.26 Å². The Kier molecular flexibility index (Phi) is 4.39. The third-order valence-electron chi connectivity index (χ3n) is 3.59. The number of rotatable bonds is 3. The Hall–Kier alpha value is -2.61. The summed E-state index contributed by atoms with van der Waals surface area (Å²) in [6, 6.07) is 20.8. The van der Waals surface area contributed by atoms with Crippen LogP contribution in [0.5, 0.6) is 0 Å². The third-order valence-corrected chi connectivity index (χ3v) is 5.53. The molecule has 0 radical (unpaired) electrons. The highest BCUT2D eigenvalue weighted by Crippen LogP contribution is 2.24. The Morgan fingerprint density at radius 1 is 0.958 bits per heavy atom. The van der Waals surface area contributed by atoms with Crippen molar-refractivity contribution in [2.75, 3.05) is 0 Å². The summed E-state index contributed by atoms with van der Waals surface area (Å²) in [5, 5.41) is 11.8. The van der Waals surface area contributed by atoms with Crippen molar-refractivity contribution < 1.29 is 8.42 Å². The molecular weight excluding hydrogens is 342 g/mol. The Bertz CT molecular complexity index is 1080. The quantitative estimate of drug-likeness (QED) is 0.633. The number of benzene rings is 3. The first-order valence-corrected chi connectivity index (χ1v) is 8.98. The third kappa shape index (κ3) is 3.18. The topological polar surface area (TPSA) is 57.9 Å². The number of nitriles is 1. The largest absolute Gasteiger partial charge is 0.218 e. The fourth-order valence-electron chi connectivity index (χ4n) is 2.36. The van der Waals surface area contributed by atoms with E-state index < -0.39 is 9.84 Å². The molecule has 3 aromatic rings. The first-order chi connectivity index (χ1) is 11.5. The van der Waals surface area contributed by atoms with Crippen LogP contribution in [0.1, 0.15) is 5.56 Å². The minimum absolute atomic E-state index is 0.0421. The van der Waals surface area contributed by atoms with Gasteiger partial charge in [-0.3, -0.25) is 0 Å². The molecule has 3 nitrogen and oxygen atoms in total. The van der Waals surface area contributed by atoms with Gasteiger partial charge < -0.3 is 0 Å². The first-order valence-electron chi connectivity index (χ1n) is 7.12. The van der Waals surface area contributed by atoms with Gasteiger partial charge in [0.25, 0.3) is 0 Å². The molecule has 0 N–H and O–H groups in total. The molecule has 3 aromatic carbocycles. The lowest BCUT2D eigenvalue weighted by molar-refractivity contribution is 0.603. The standard InChI is InChI=1S/C19H12ClNO2S/c20-17-7-9-18(10-8-17)24(22,23)19(13-21)12-14-5-6-15-3-1-2-4-16(15)11-14/h1-12H/b19-12+.